The quantitative estimate of drug-likeness (QED) is 0.831. The standard InChI is InChI=1S/C13H16N2O4/c1-8(16)6-15(2)13(18)9-3-4-10-11(5-9)19-7-12(17)14-10/h3-5,8,16H,6-7H2,1-2H3,(H,14,17). The van der Waals surface area contributed by atoms with Gasteiger partial charge in [0, 0.05) is 19.2 Å². The van der Waals surface area contributed by atoms with E-state index in [4.69, 9.17) is 4.74 Å². The zero-order valence-electron chi connectivity index (χ0n) is 10.8. The first-order chi connectivity index (χ1) is 8.97. The summed E-state index contributed by atoms with van der Waals surface area (Å²) in [7, 11) is 1.62. The predicted molar refractivity (Wildman–Crippen MR) is 69.2 cm³/mol. The summed E-state index contributed by atoms with van der Waals surface area (Å²) in [6.45, 7) is 1.83. The highest BCUT2D eigenvalue weighted by atomic mass is 16.5. The molecule has 0 saturated carbocycles. The summed E-state index contributed by atoms with van der Waals surface area (Å²) in [4.78, 5) is 24.7. The highest BCUT2D eigenvalue weighted by molar-refractivity contribution is 5.98. The predicted octanol–water partition coefficient (Wildman–Crippen LogP) is 0.470. The number of carbonyl (C=O) groups is 2. The molecule has 1 aliphatic heterocycles. The van der Waals surface area contributed by atoms with Gasteiger partial charge in [-0.2, -0.15) is 0 Å². The summed E-state index contributed by atoms with van der Waals surface area (Å²) in [5.74, 6) is 0.0675. The lowest BCUT2D eigenvalue weighted by atomic mass is 10.1. The Kier molecular flexibility index (Phi) is 3.71. The highest BCUT2D eigenvalue weighted by Crippen LogP contribution is 2.28. The molecule has 1 unspecified atom stereocenters. The number of aliphatic hydroxyl groups is 1. The molecule has 102 valence electrons. The summed E-state index contributed by atoms with van der Waals surface area (Å²) in [5, 5.41) is 11.9. The van der Waals surface area contributed by atoms with E-state index in [1.165, 1.54) is 4.90 Å². The molecule has 0 aromatic heterocycles. The minimum atomic E-state index is -0.581. The van der Waals surface area contributed by atoms with Crippen molar-refractivity contribution in [2.75, 3.05) is 25.5 Å². The van der Waals surface area contributed by atoms with Crippen molar-refractivity contribution in [2.45, 2.75) is 13.0 Å². The number of hydrogen-bond donors (Lipinski definition) is 2. The van der Waals surface area contributed by atoms with Crippen molar-refractivity contribution in [1.82, 2.24) is 4.90 Å². The number of ether oxygens (including phenoxy) is 1. The number of hydrogen-bond acceptors (Lipinski definition) is 4. The van der Waals surface area contributed by atoms with Gasteiger partial charge in [0.15, 0.2) is 6.61 Å². The van der Waals surface area contributed by atoms with Crippen LogP contribution in [0.3, 0.4) is 0 Å². The maximum atomic E-state index is 12.1. The molecule has 19 heavy (non-hydrogen) atoms. The van der Waals surface area contributed by atoms with Gasteiger partial charge in [-0.3, -0.25) is 9.59 Å². The van der Waals surface area contributed by atoms with Crippen molar-refractivity contribution < 1.29 is 19.4 Å². The fourth-order valence-electron chi connectivity index (χ4n) is 1.91. The van der Waals surface area contributed by atoms with Crippen molar-refractivity contribution in [3.63, 3.8) is 0 Å². The molecule has 0 saturated heterocycles. The molecule has 1 aromatic rings. The Morgan fingerprint density at radius 3 is 3.00 bits per heavy atom. The molecule has 2 N–H and O–H groups in total. The Balaban J connectivity index is 2.18. The molecule has 0 spiro atoms. The number of carbonyl (C=O) groups excluding carboxylic acids is 2. The number of benzene rings is 1. The second-order valence-corrected chi connectivity index (χ2v) is 4.58. The molecule has 0 fully saturated rings. The summed E-state index contributed by atoms with van der Waals surface area (Å²) in [6, 6.07) is 4.85. The second kappa shape index (κ2) is 5.27. The zero-order chi connectivity index (χ0) is 14.0. The SMILES string of the molecule is CC(O)CN(C)C(=O)c1ccc2c(c1)OCC(=O)N2. The van der Waals surface area contributed by atoms with Crippen LogP contribution in [-0.2, 0) is 4.79 Å². The lowest BCUT2D eigenvalue weighted by Crippen LogP contribution is -2.33. The molecule has 6 nitrogen and oxygen atoms in total. The van der Waals surface area contributed by atoms with Gasteiger partial charge in [0.2, 0.25) is 0 Å². The van der Waals surface area contributed by atoms with Crippen LogP contribution >= 0.6 is 0 Å². The van der Waals surface area contributed by atoms with E-state index < -0.39 is 6.10 Å². The van der Waals surface area contributed by atoms with Crippen LogP contribution in [0.2, 0.25) is 0 Å². The van der Waals surface area contributed by atoms with Gasteiger partial charge in [0.25, 0.3) is 11.8 Å². The molecular weight excluding hydrogens is 248 g/mol. The van der Waals surface area contributed by atoms with Crippen LogP contribution in [0, 0.1) is 0 Å². The van der Waals surface area contributed by atoms with Crippen LogP contribution in [0.5, 0.6) is 5.75 Å². The van der Waals surface area contributed by atoms with Gasteiger partial charge in [0.05, 0.1) is 11.8 Å². The van der Waals surface area contributed by atoms with Crippen molar-refractivity contribution >= 4 is 17.5 Å². The first-order valence-electron chi connectivity index (χ1n) is 5.97. The maximum Gasteiger partial charge on any atom is 0.262 e. The Morgan fingerprint density at radius 2 is 2.32 bits per heavy atom. The average Bonchev–Trinajstić information content (AvgIpc) is 2.36. The van der Waals surface area contributed by atoms with Gasteiger partial charge in [-0.05, 0) is 25.1 Å². The van der Waals surface area contributed by atoms with Gasteiger partial charge < -0.3 is 20.1 Å². The Hall–Kier alpha value is -2.08. The normalized spacial score (nSPS) is 15.0. The van der Waals surface area contributed by atoms with Gasteiger partial charge >= 0.3 is 0 Å². The second-order valence-electron chi connectivity index (χ2n) is 4.58. The third kappa shape index (κ3) is 3.03. The number of fused-ring (bicyclic) bond motifs is 1. The number of nitrogens with one attached hydrogen (secondary N) is 1. The number of anilines is 1. The molecule has 1 aliphatic rings. The van der Waals surface area contributed by atoms with Crippen LogP contribution in [0.15, 0.2) is 18.2 Å². The molecule has 2 amide bonds. The third-order valence-electron chi connectivity index (χ3n) is 2.75. The Morgan fingerprint density at radius 1 is 1.58 bits per heavy atom. The Bertz CT molecular complexity index is 513. The molecule has 1 aromatic carbocycles. The minimum Gasteiger partial charge on any atom is -0.482 e. The van der Waals surface area contributed by atoms with Crippen LogP contribution in [0.1, 0.15) is 17.3 Å². The van der Waals surface area contributed by atoms with Crippen LogP contribution in [-0.4, -0.2) is 48.1 Å². The number of aliphatic hydroxyl groups excluding tert-OH is 1. The largest absolute Gasteiger partial charge is 0.482 e. The number of amides is 2. The van der Waals surface area contributed by atoms with Gasteiger partial charge in [-0.15, -0.1) is 0 Å². The minimum absolute atomic E-state index is 0.0475. The summed E-state index contributed by atoms with van der Waals surface area (Å²) in [6.07, 6.45) is -0.581. The van der Waals surface area contributed by atoms with Crippen LogP contribution < -0.4 is 10.1 Å². The van der Waals surface area contributed by atoms with E-state index in [-0.39, 0.29) is 25.0 Å². The van der Waals surface area contributed by atoms with E-state index in [9.17, 15) is 14.7 Å². The van der Waals surface area contributed by atoms with Crippen LogP contribution in [0.4, 0.5) is 5.69 Å². The van der Waals surface area contributed by atoms with E-state index in [1.807, 2.05) is 0 Å². The highest BCUT2D eigenvalue weighted by Gasteiger charge is 2.19. The first-order valence-corrected chi connectivity index (χ1v) is 5.97. The van der Waals surface area contributed by atoms with E-state index in [2.05, 4.69) is 5.32 Å². The number of nitrogens with zero attached hydrogens (tertiary/aromatic N) is 1. The molecule has 0 aliphatic carbocycles. The van der Waals surface area contributed by atoms with E-state index in [0.717, 1.165) is 0 Å². The van der Waals surface area contributed by atoms with Crippen molar-refractivity contribution in [1.29, 1.82) is 0 Å². The van der Waals surface area contributed by atoms with Crippen molar-refractivity contribution in [2.24, 2.45) is 0 Å². The monoisotopic (exact) mass is 264 g/mol. The van der Waals surface area contributed by atoms with Crippen LogP contribution in [0.25, 0.3) is 0 Å². The topological polar surface area (TPSA) is 78.9 Å². The molecule has 1 heterocycles. The fourth-order valence-corrected chi connectivity index (χ4v) is 1.91. The molecule has 1 atom stereocenters. The molecular formula is C13H16N2O4. The first kappa shape index (κ1) is 13.4. The maximum absolute atomic E-state index is 12.1. The smallest absolute Gasteiger partial charge is 0.262 e. The Labute approximate surface area is 111 Å². The van der Waals surface area contributed by atoms with E-state index in [0.29, 0.717) is 17.0 Å². The summed E-state index contributed by atoms with van der Waals surface area (Å²) < 4.78 is 5.26. The van der Waals surface area contributed by atoms with E-state index >= 15 is 0 Å². The van der Waals surface area contributed by atoms with Gasteiger partial charge in [-0.1, -0.05) is 0 Å². The average molecular weight is 264 g/mol. The van der Waals surface area contributed by atoms with Crippen molar-refractivity contribution in [3.8, 4) is 5.75 Å². The number of rotatable bonds is 3. The van der Waals surface area contributed by atoms with Crippen molar-refractivity contribution in [3.05, 3.63) is 23.8 Å². The molecule has 6 heteroatoms. The lowest BCUT2D eigenvalue weighted by Gasteiger charge is -2.21. The molecule has 0 bridgehead atoms. The third-order valence-corrected chi connectivity index (χ3v) is 2.75. The molecule has 0 radical (unpaired) electrons. The van der Waals surface area contributed by atoms with Gasteiger partial charge in [0.1, 0.15) is 5.75 Å². The summed E-state index contributed by atoms with van der Waals surface area (Å²) in [5.41, 5.74) is 1.02. The number of likely N-dealkylation sites (N-methyl/N-ethyl adjacent to an activating group) is 1. The lowest BCUT2D eigenvalue weighted by molar-refractivity contribution is -0.118. The molecule has 2 rings (SSSR count). The zero-order valence-corrected chi connectivity index (χ0v) is 10.8. The fraction of sp³-hybridized carbons (Fsp3) is 0.385. The van der Waals surface area contributed by atoms with Gasteiger partial charge in [-0.25, -0.2) is 0 Å². The van der Waals surface area contributed by atoms with E-state index in [1.54, 1.807) is 32.2 Å². The summed E-state index contributed by atoms with van der Waals surface area (Å²) >= 11 is 0.